The Kier molecular flexibility index (Phi) is 8.88. The van der Waals surface area contributed by atoms with Gasteiger partial charge in [-0.1, -0.05) is 0 Å². The first-order chi connectivity index (χ1) is 20.8. The van der Waals surface area contributed by atoms with Crippen molar-refractivity contribution in [3.63, 3.8) is 0 Å². The standard InChI is InChI=1S/C28H29FN8O7/c1-28(2,3)44-27(41)31-12-15-8-16(7-6-14(15)11-30)33-22(17-9-20(42-4)21(43-5)10-19(17)29)23-34-26(40)37(36-23)24-18(25(38)39)13-32-35-24/h6-10,13,22,33H,12H2,1-5H3,(H,31,41)(H,32,35)(H,38,39)(H,34,36,40). The number of aromatic carboxylic acids is 1. The number of nitrogens with one attached hydrogen (secondary N) is 4. The predicted octanol–water partition coefficient (Wildman–Crippen LogP) is 3.24. The van der Waals surface area contributed by atoms with Gasteiger partial charge in [-0.05, 0) is 50.6 Å². The molecule has 2 heterocycles. The van der Waals surface area contributed by atoms with Gasteiger partial charge in [0.25, 0.3) is 0 Å². The van der Waals surface area contributed by atoms with Crippen molar-refractivity contribution < 1.29 is 33.3 Å². The lowest BCUT2D eigenvalue weighted by Crippen LogP contribution is -2.32. The van der Waals surface area contributed by atoms with E-state index in [1.807, 2.05) is 0 Å². The van der Waals surface area contributed by atoms with E-state index in [2.05, 4.69) is 37.0 Å². The van der Waals surface area contributed by atoms with E-state index in [4.69, 9.17) is 14.2 Å². The number of carbonyl (C=O) groups excluding carboxylic acids is 1. The number of amides is 1. The topological polar surface area (TPSA) is 209 Å². The third-order valence-electron chi connectivity index (χ3n) is 6.14. The number of carbonyl (C=O) groups is 2. The summed E-state index contributed by atoms with van der Waals surface area (Å²) in [5.41, 5.74) is -0.875. The summed E-state index contributed by atoms with van der Waals surface area (Å²) in [6.45, 7) is 5.08. The van der Waals surface area contributed by atoms with Crippen molar-refractivity contribution in [3.05, 3.63) is 80.9 Å². The number of alkyl carbamates (subject to hydrolysis) is 1. The van der Waals surface area contributed by atoms with Crippen LogP contribution in [0.3, 0.4) is 0 Å². The van der Waals surface area contributed by atoms with Gasteiger partial charge < -0.3 is 30.0 Å². The Morgan fingerprint density at radius 1 is 1.18 bits per heavy atom. The molecule has 1 amide bonds. The van der Waals surface area contributed by atoms with Crippen LogP contribution in [0, 0.1) is 17.1 Å². The second kappa shape index (κ2) is 12.6. The molecule has 0 radical (unpaired) electrons. The summed E-state index contributed by atoms with van der Waals surface area (Å²) in [5.74, 6) is -2.12. The second-order valence-corrected chi connectivity index (χ2v) is 10.3. The normalized spacial score (nSPS) is 11.8. The van der Waals surface area contributed by atoms with E-state index in [1.165, 1.54) is 26.4 Å². The molecule has 1 unspecified atom stereocenters. The molecule has 5 N–H and O–H groups in total. The molecule has 2 aromatic carbocycles. The molecule has 4 rings (SSSR count). The maximum atomic E-state index is 15.6. The van der Waals surface area contributed by atoms with Crippen molar-refractivity contribution in [2.45, 2.75) is 39.0 Å². The van der Waals surface area contributed by atoms with Gasteiger partial charge in [-0.25, -0.2) is 18.8 Å². The van der Waals surface area contributed by atoms with E-state index in [0.29, 0.717) is 11.3 Å². The molecule has 44 heavy (non-hydrogen) atoms. The number of halogens is 1. The maximum absolute atomic E-state index is 15.6. The summed E-state index contributed by atoms with van der Waals surface area (Å²) in [6.07, 6.45) is 0.332. The number of carboxylic acids is 1. The first-order valence-electron chi connectivity index (χ1n) is 13.0. The molecule has 0 aliphatic heterocycles. The molecule has 16 heteroatoms. The molecule has 4 aromatic rings. The molecule has 0 fully saturated rings. The van der Waals surface area contributed by atoms with E-state index in [9.17, 15) is 24.8 Å². The lowest BCUT2D eigenvalue weighted by atomic mass is 10.0. The number of rotatable bonds is 10. The molecule has 0 saturated carbocycles. The molecule has 0 saturated heterocycles. The molecule has 15 nitrogen and oxygen atoms in total. The number of carboxylic acid groups (broad SMARTS) is 1. The van der Waals surface area contributed by atoms with Crippen molar-refractivity contribution in [2.24, 2.45) is 0 Å². The minimum Gasteiger partial charge on any atom is -0.493 e. The molecule has 0 spiro atoms. The van der Waals surface area contributed by atoms with Gasteiger partial charge in [-0.3, -0.25) is 10.1 Å². The molecule has 0 bridgehead atoms. The van der Waals surface area contributed by atoms with Gasteiger partial charge >= 0.3 is 17.8 Å². The van der Waals surface area contributed by atoms with Gasteiger partial charge in [0.1, 0.15) is 23.0 Å². The average Bonchev–Trinajstić information content (AvgIpc) is 3.60. The lowest BCUT2D eigenvalue weighted by molar-refractivity contribution is 0.0523. The number of hydrogen-bond acceptors (Lipinski definition) is 10. The van der Waals surface area contributed by atoms with Crippen molar-refractivity contribution in [3.8, 4) is 23.4 Å². The monoisotopic (exact) mass is 608 g/mol. The number of aromatic amines is 2. The van der Waals surface area contributed by atoms with Crippen molar-refractivity contribution in [1.29, 1.82) is 5.26 Å². The van der Waals surface area contributed by atoms with Crippen LogP contribution in [0.1, 0.15) is 59.7 Å². The number of methoxy groups -OCH3 is 2. The molecular weight excluding hydrogens is 579 g/mol. The third-order valence-corrected chi connectivity index (χ3v) is 6.14. The van der Waals surface area contributed by atoms with Crippen LogP contribution in [-0.4, -0.2) is 62.0 Å². The van der Waals surface area contributed by atoms with Gasteiger partial charge in [-0.2, -0.15) is 15.0 Å². The van der Waals surface area contributed by atoms with Crippen LogP contribution < -0.4 is 25.8 Å². The molecule has 230 valence electrons. The Bertz CT molecular complexity index is 1800. The smallest absolute Gasteiger partial charge is 0.407 e. The highest BCUT2D eigenvalue weighted by Crippen LogP contribution is 2.35. The fourth-order valence-corrected chi connectivity index (χ4v) is 4.19. The van der Waals surface area contributed by atoms with E-state index in [-0.39, 0.29) is 46.4 Å². The summed E-state index contributed by atoms with van der Waals surface area (Å²) < 4.78 is 32.2. The number of ether oxygens (including phenoxy) is 3. The number of hydrogen-bond donors (Lipinski definition) is 5. The summed E-state index contributed by atoms with van der Waals surface area (Å²) in [7, 11) is 2.72. The zero-order chi connectivity index (χ0) is 32.2. The van der Waals surface area contributed by atoms with Gasteiger partial charge in [0, 0.05) is 23.9 Å². The summed E-state index contributed by atoms with van der Waals surface area (Å²) in [6, 6.07) is 7.94. The Morgan fingerprint density at radius 2 is 1.89 bits per heavy atom. The quantitative estimate of drug-likeness (QED) is 0.176. The van der Waals surface area contributed by atoms with Gasteiger partial charge in [0.15, 0.2) is 23.1 Å². The van der Waals surface area contributed by atoms with Crippen LogP contribution in [-0.2, 0) is 11.3 Å². The Hall–Kier alpha value is -5.85. The molecule has 1 atom stereocenters. The lowest BCUT2D eigenvalue weighted by Gasteiger charge is -2.21. The fourth-order valence-electron chi connectivity index (χ4n) is 4.19. The number of benzene rings is 2. The summed E-state index contributed by atoms with van der Waals surface area (Å²) >= 11 is 0. The Balaban J connectivity index is 1.79. The van der Waals surface area contributed by atoms with Crippen LogP contribution >= 0.6 is 0 Å². The Labute approximate surface area is 249 Å². The SMILES string of the molecule is COc1cc(F)c(C(Nc2ccc(C#N)c(CNC(=O)OC(C)(C)C)c2)c2nn(-c3[nH]ncc3C(=O)O)c(=O)[nH]2)cc1OC. The first kappa shape index (κ1) is 31.1. The minimum absolute atomic E-state index is 0.0237. The largest absolute Gasteiger partial charge is 0.493 e. The highest BCUT2D eigenvalue weighted by molar-refractivity contribution is 5.90. The zero-order valence-electron chi connectivity index (χ0n) is 24.3. The van der Waals surface area contributed by atoms with E-state index >= 15 is 4.39 Å². The Morgan fingerprint density at radius 3 is 2.52 bits per heavy atom. The molecule has 0 aliphatic carbocycles. The first-order valence-corrected chi connectivity index (χ1v) is 13.0. The molecular formula is C28H29FN8O7. The van der Waals surface area contributed by atoms with Crippen LogP contribution in [0.2, 0.25) is 0 Å². The highest BCUT2D eigenvalue weighted by atomic mass is 19.1. The highest BCUT2D eigenvalue weighted by Gasteiger charge is 2.27. The van der Waals surface area contributed by atoms with Crippen molar-refractivity contribution in [1.82, 2.24) is 30.3 Å². The summed E-state index contributed by atoms with van der Waals surface area (Å²) in [5, 5.41) is 35.2. The molecule has 0 aliphatic rings. The fraction of sp³-hybridized carbons (Fsp3) is 0.286. The van der Waals surface area contributed by atoms with Gasteiger partial charge in [0.05, 0.1) is 32.0 Å². The number of H-pyrrole nitrogens is 2. The van der Waals surface area contributed by atoms with E-state index in [0.717, 1.165) is 16.9 Å². The second-order valence-electron chi connectivity index (χ2n) is 10.3. The third kappa shape index (κ3) is 6.78. The zero-order valence-corrected chi connectivity index (χ0v) is 24.3. The minimum atomic E-state index is -1.35. The van der Waals surface area contributed by atoms with Crippen LogP contribution in [0.25, 0.3) is 5.82 Å². The van der Waals surface area contributed by atoms with Crippen molar-refractivity contribution >= 4 is 17.7 Å². The average molecular weight is 609 g/mol. The maximum Gasteiger partial charge on any atom is 0.407 e. The molecule has 2 aromatic heterocycles. The van der Waals surface area contributed by atoms with Crippen LogP contribution in [0.5, 0.6) is 11.5 Å². The number of nitrogens with zero attached hydrogens (tertiary/aromatic N) is 4. The van der Waals surface area contributed by atoms with Gasteiger partial charge in [-0.15, -0.1) is 5.10 Å². The summed E-state index contributed by atoms with van der Waals surface area (Å²) in [4.78, 5) is 39.3. The van der Waals surface area contributed by atoms with Crippen LogP contribution in [0.15, 0.2) is 41.3 Å². The van der Waals surface area contributed by atoms with E-state index in [1.54, 1.807) is 32.9 Å². The number of nitriles is 1. The van der Waals surface area contributed by atoms with E-state index < -0.39 is 35.2 Å². The van der Waals surface area contributed by atoms with Crippen LogP contribution in [0.4, 0.5) is 14.9 Å². The predicted molar refractivity (Wildman–Crippen MR) is 152 cm³/mol. The number of aromatic nitrogens is 5. The van der Waals surface area contributed by atoms with Gasteiger partial charge in [0.2, 0.25) is 0 Å². The number of anilines is 1. The van der Waals surface area contributed by atoms with Crippen molar-refractivity contribution in [2.75, 3.05) is 19.5 Å².